The first-order valence-corrected chi connectivity index (χ1v) is 8.61. The van der Waals surface area contributed by atoms with E-state index in [-0.39, 0.29) is 5.91 Å². The number of nitrogens with zero attached hydrogens (tertiary/aromatic N) is 4. The summed E-state index contributed by atoms with van der Waals surface area (Å²) in [4.78, 5) is 19.2. The van der Waals surface area contributed by atoms with Gasteiger partial charge in [-0.1, -0.05) is 13.0 Å². The molecule has 3 heterocycles. The Morgan fingerprint density at radius 3 is 2.83 bits per heavy atom. The van der Waals surface area contributed by atoms with E-state index in [0.717, 1.165) is 18.1 Å². The Hall–Kier alpha value is -2.21. The van der Waals surface area contributed by atoms with Crippen LogP contribution in [0.4, 0.5) is 0 Å². The Balaban J connectivity index is 1.58. The van der Waals surface area contributed by atoms with E-state index in [4.69, 9.17) is 0 Å². The van der Waals surface area contributed by atoms with E-state index >= 15 is 0 Å². The fraction of sp³-hybridized carbons (Fsp3) is 0.500. The molecule has 24 heavy (non-hydrogen) atoms. The number of carbonyl (C=O) groups excluding carboxylic acids is 1. The minimum atomic E-state index is -0.0667. The largest absolute Gasteiger partial charge is 0.352 e. The van der Waals surface area contributed by atoms with Crippen molar-refractivity contribution in [3.63, 3.8) is 0 Å². The molecular formula is C18H25N5O. The second-order valence-corrected chi connectivity index (χ2v) is 6.57. The van der Waals surface area contributed by atoms with Crippen LogP contribution in [0.3, 0.4) is 0 Å². The molecule has 0 aliphatic carbocycles. The topological polar surface area (TPSA) is 63.1 Å². The van der Waals surface area contributed by atoms with Gasteiger partial charge < -0.3 is 10.2 Å². The molecule has 1 aliphatic rings. The van der Waals surface area contributed by atoms with Crippen LogP contribution in [-0.4, -0.2) is 51.8 Å². The second kappa shape index (κ2) is 7.57. The number of rotatable bonds is 6. The monoisotopic (exact) mass is 327 g/mol. The summed E-state index contributed by atoms with van der Waals surface area (Å²) in [6.45, 7) is 8.19. The lowest BCUT2D eigenvalue weighted by molar-refractivity contribution is 0.0944. The third-order valence-corrected chi connectivity index (χ3v) is 4.50. The maximum Gasteiger partial charge on any atom is 0.254 e. The highest BCUT2D eigenvalue weighted by Gasteiger charge is 2.18. The van der Waals surface area contributed by atoms with Gasteiger partial charge in [0.2, 0.25) is 0 Å². The molecule has 2 aromatic heterocycles. The van der Waals surface area contributed by atoms with Crippen molar-refractivity contribution >= 4 is 5.91 Å². The van der Waals surface area contributed by atoms with Crippen molar-refractivity contribution in [2.45, 2.75) is 26.7 Å². The predicted octanol–water partition coefficient (Wildman–Crippen LogP) is 2.04. The number of aromatic nitrogens is 3. The van der Waals surface area contributed by atoms with Crippen molar-refractivity contribution in [1.82, 2.24) is 25.0 Å². The maximum atomic E-state index is 12.5. The van der Waals surface area contributed by atoms with Crippen LogP contribution in [0, 0.1) is 12.8 Å². The van der Waals surface area contributed by atoms with Gasteiger partial charge in [0.15, 0.2) is 5.82 Å². The second-order valence-electron chi connectivity index (χ2n) is 6.57. The predicted molar refractivity (Wildman–Crippen MR) is 93.3 cm³/mol. The molecule has 6 nitrogen and oxygen atoms in total. The summed E-state index contributed by atoms with van der Waals surface area (Å²) in [7, 11) is 0. The molecule has 1 saturated heterocycles. The lowest BCUT2D eigenvalue weighted by Gasteiger charge is -2.20. The van der Waals surface area contributed by atoms with Gasteiger partial charge in [-0.15, -0.1) is 0 Å². The Labute approximate surface area is 142 Å². The normalized spacial score (nSPS) is 16.2. The van der Waals surface area contributed by atoms with Crippen molar-refractivity contribution in [1.29, 1.82) is 0 Å². The molecule has 2 aromatic rings. The van der Waals surface area contributed by atoms with E-state index in [9.17, 15) is 4.79 Å². The molecule has 0 bridgehead atoms. The number of hydrogen-bond donors (Lipinski definition) is 1. The standard InChI is InChI=1S/C18H25N5O/c1-14(13-22-9-5-6-10-22)11-20-18(24)16-12-21-23(15(16)2)17-7-3-4-8-19-17/h3-4,7-8,12,14H,5-6,9-11,13H2,1-2H3,(H,20,24)/t14-/m1/s1. The Bertz CT molecular complexity index is 676. The third-order valence-electron chi connectivity index (χ3n) is 4.50. The molecular weight excluding hydrogens is 302 g/mol. The SMILES string of the molecule is Cc1c(C(=O)NC[C@@H](C)CN2CCCC2)cnn1-c1ccccn1. The van der Waals surface area contributed by atoms with Gasteiger partial charge in [-0.3, -0.25) is 4.79 Å². The van der Waals surface area contributed by atoms with E-state index < -0.39 is 0 Å². The molecule has 3 rings (SSSR count). The molecule has 128 valence electrons. The average Bonchev–Trinajstić information content (AvgIpc) is 3.23. The molecule has 1 atom stereocenters. The van der Waals surface area contributed by atoms with E-state index in [0.29, 0.717) is 18.0 Å². The average molecular weight is 327 g/mol. The highest BCUT2D eigenvalue weighted by atomic mass is 16.1. The summed E-state index contributed by atoms with van der Waals surface area (Å²) in [5, 5.41) is 7.34. The van der Waals surface area contributed by atoms with Crippen LogP contribution in [-0.2, 0) is 0 Å². The molecule has 0 radical (unpaired) electrons. The van der Waals surface area contributed by atoms with Crippen LogP contribution in [0.2, 0.25) is 0 Å². The zero-order chi connectivity index (χ0) is 16.9. The fourth-order valence-corrected chi connectivity index (χ4v) is 3.18. The molecule has 0 spiro atoms. The van der Waals surface area contributed by atoms with Gasteiger partial charge in [0.25, 0.3) is 5.91 Å². The molecule has 0 saturated carbocycles. The zero-order valence-corrected chi connectivity index (χ0v) is 14.4. The first kappa shape index (κ1) is 16.6. The minimum absolute atomic E-state index is 0.0667. The minimum Gasteiger partial charge on any atom is -0.352 e. The summed E-state index contributed by atoms with van der Waals surface area (Å²) in [6.07, 6.45) is 5.93. The van der Waals surface area contributed by atoms with Gasteiger partial charge in [0, 0.05) is 19.3 Å². The van der Waals surface area contributed by atoms with Crippen molar-refractivity contribution in [2.24, 2.45) is 5.92 Å². The lowest BCUT2D eigenvalue weighted by atomic mass is 10.1. The number of pyridine rings is 1. The van der Waals surface area contributed by atoms with Gasteiger partial charge >= 0.3 is 0 Å². The molecule has 0 aromatic carbocycles. The summed E-state index contributed by atoms with van der Waals surface area (Å²) >= 11 is 0. The van der Waals surface area contributed by atoms with Crippen molar-refractivity contribution < 1.29 is 4.79 Å². The summed E-state index contributed by atoms with van der Waals surface area (Å²) < 4.78 is 1.70. The van der Waals surface area contributed by atoms with Crippen LogP contribution >= 0.6 is 0 Å². The third kappa shape index (κ3) is 3.82. The van der Waals surface area contributed by atoms with Crippen LogP contribution in [0.5, 0.6) is 0 Å². The van der Waals surface area contributed by atoms with E-state index in [1.54, 1.807) is 17.1 Å². The van der Waals surface area contributed by atoms with Crippen LogP contribution in [0.25, 0.3) is 5.82 Å². The highest BCUT2D eigenvalue weighted by Crippen LogP contribution is 2.13. The number of nitrogens with one attached hydrogen (secondary N) is 1. The fourth-order valence-electron chi connectivity index (χ4n) is 3.18. The number of likely N-dealkylation sites (tertiary alicyclic amines) is 1. The van der Waals surface area contributed by atoms with Crippen LogP contribution in [0.1, 0.15) is 35.8 Å². The van der Waals surface area contributed by atoms with Gasteiger partial charge in [-0.25, -0.2) is 9.67 Å². The molecule has 6 heteroatoms. The number of hydrogen-bond acceptors (Lipinski definition) is 4. The summed E-state index contributed by atoms with van der Waals surface area (Å²) in [5.74, 6) is 1.09. The van der Waals surface area contributed by atoms with Crippen molar-refractivity contribution in [3.05, 3.63) is 41.9 Å². The van der Waals surface area contributed by atoms with Gasteiger partial charge in [-0.2, -0.15) is 5.10 Å². The first-order chi connectivity index (χ1) is 11.6. The maximum absolute atomic E-state index is 12.5. The zero-order valence-electron chi connectivity index (χ0n) is 14.4. The Kier molecular flexibility index (Phi) is 5.25. The van der Waals surface area contributed by atoms with E-state index in [1.807, 2.05) is 25.1 Å². The van der Waals surface area contributed by atoms with E-state index in [2.05, 4.69) is 27.2 Å². The van der Waals surface area contributed by atoms with Crippen molar-refractivity contribution in [3.8, 4) is 5.82 Å². The summed E-state index contributed by atoms with van der Waals surface area (Å²) in [6, 6.07) is 5.64. The van der Waals surface area contributed by atoms with Crippen LogP contribution in [0.15, 0.2) is 30.6 Å². The van der Waals surface area contributed by atoms with Gasteiger partial charge in [0.1, 0.15) is 0 Å². The Morgan fingerprint density at radius 1 is 1.33 bits per heavy atom. The number of amides is 1. The molecule has 0 unspecified atom stereocenters. The highest BCUT2D eigenvalue weighted by molar-refractivity contribution is 5.95. The molecule has 1 fully saturated rings. The molecule has 1 aliphatic heterocycles. The smallest absolute Gasteiger partial charge is 0.254 e. The molecule has 1 N–H and O–H groups in total. The van der Waals surface area contributed by atoms with Crippen LogP contribution < -0.4 is 5.32 Å². The van der Waals surface area contributed by atoms with E-state index in [1.165, 1.54) is 25.9 Å². The van der Waals surface area contributed by atoms with Crippen molar-refractivity contribution in [2.75, 3.05) is 26.2 Å². The quantitative estimate of drug-likeness (QED) is 0.882. The van der Waals surface area contributed by atoms with Gasteiger partial charge in [0.05, 0.1) is 17.5 Å². The number of carbonyl (C=O) groups is 1. The Morgan fingerprint density at radius 2 is 2.12 bits per heavy atom. The lowest BCUT2D eigenvalue weighted by Crippen LogP contribution is -2.34. The van der Waals surface area contributed by atoms with Gasteiger partial charge in [-0.05, 0) is 50.9 Å². The molecule has 1 amide bonds. The summed E-state index contributed by atoms with van der Waals surface area (Å²) in [5.41, 5.74) is 1.41. The first-order valence-electron chi connectivity index (χ1n) is 8.61.